The van der Waals surface area contributed by atoms with Gasteiger partial charge in [0, 0.05) is 42.5 Å². The lowest BCUT2D eigenvalue weighted by Crippen LogP contribution is -2.19. The van der Waals surface area contributed by atoms with E-state index in [2.05, 4.69) is 80.6 Å². The summed E-state index contributed by atoms with van der Waals surface area (Å²) in [6.07, 6.45) is 0. The minimum atomic E-state index is -1.13. The Hall–Kier alpha value is -2.31. The molecule has 2 unspecified atom stereocenters. The first-order chi connectivity index (χ1) is 18.9. The Morgan fingerprint density at radius 1 is 0.487 bits per heavy atom. The van der Waals surface area contributed by atoms with Gasteiger partial charge >= 0.3 is 0 Å². The lowest BCUT2D eigenvalue weighted by atomic mass is 10.0. The van der Waals surface area contributed by atoms with Crippen LogP contribution in [0.5, 0.6) is 0 Å². The molecule has 0 fully saturated rings. The first-order valence-electron chi connectivity index (χ1n) is 12.7. The number of hydrogen-bond donors (Lipinski definition) is 0. The molecule has 5 aromatic carbocycles. The van der Waals surface area contributed by atoms with E-state index in [9.17, 15) is 0 Å². The molecule has 0 N–H and O–H groups in total. The van der Waals surface area contributed by atoms with Crippen LogP contribution in [-0.2, 0) is 0 Å². The second kappa shape index (κ2) is 12.5. The first kappa shape index (κ1) is 28.2. The number of aryl methyl sites for hydroxylation is 2. The largest absolute Gasteiger partial charge is 0.0839 e. The summed E-state index contributed by atoms with van der Waals surface area (Å²) in [6, 6.07) is 39.2. The second-order valence-corrected chi connectivity index (χ2v) is 13.6. The summed E-state index contributed by atoms with van der Waals surface area (Å²) in [5.74, 6) is 0. The number of benzene rings is 5. The first-order valence-corrected chi connectivity index (χ1v) is 15.7. The van der Waals surface area contributed by atoms with Crippen LogP contribution in [0.1, 0.15) is 44.7 Å². The highest BCUT2D eigenvalue weighted by Crippen LogP contribution is 2.68. The number of halogens is 4. The fourth-order valence-corrected chi connectivity index (χ4v) is 10.5. The predicted molar refractivity (Wildman–Crippen MR) is 172 cm³/mol. The second-order valence-electron chi connectivity index (χ2n) is 9.59. The summed E-state index contributed by atoms with van der Waals surface area (Å²) in [5, 5.41) is 3.84. The summed E-state index contributed by atoms with van der Waals surface area (Å²) in [4.78, 5) is 0. The molecule has 0 aromatic heterocycles. The van der Waals surface area contributed by atoms with Crippen molar-refractivity contribution >= 4 is 59.6 Å². The minimum absolute atomic E-state index is 0.138. The topological polar surface area (TPSA) is 0 Å². The van der Waals surface area contributed by atoms with Crippen molar-refractivity contribution in [2.45, 2.75) is 25.2 Å². The summed E-state index contributed by atoms with van der Waals surface area (Å²) >= 11 is 28.0. The van der Waals surface area contributed by atoms with Crippen molar-refractivity contribution in [1.82, 2.24) is 0 Å². The van der Waals surface area contributed by atoms with Gasteiger partial charge in [0.25, 0.3) is 0 Å². The molecule has 196 valence electrons. The molecule has 2 atom stereocenters. The molecule has 5 heteroatoms. The standard InChI is InChI=1S/C34H27Cl4P/c1-22-19-20-23(2)30(21-22)39(33(24-11-5-3-6-12-24)31-26(35)15-9-16-27(31)36)34(25-13-7-4-8-14-25)32-28(37)17-10-18-29(32)38/h3-21,33-34H,1-2H3. The highest BCUT2D eigenvalue weighted by molar-refractivity contribution is 7.67. The molecule has 39 heavy (non-hydrogen) atoms. The van der Waals surface area contributed by atoms with E-state index in [-0.39, 0.29) is 11.3 Å². The van der Waals surface area contributed by atoms with Gasteiger partial charge in [-0.3, -0.25) is 0 Å². The van der Waals surface area contributed by atoms with Crippen molar-refractivity contribution in [2.24, 2.45) is 0 Å². The summed E-state index contributed by atoms with van der Waals surface area (Å²) in [7, 11) is -1.13. The molecule has 0 aliphatic carbocycles. The van der Waals surface area contributed by atoms with E-state index >= 15 is 0 Å². The van der Waals surface area contributed by atoms with Crippen molar-refractivity contribution in [3.8, 4) is 0 Å². The Bertz CT molecular complexity index is 1450. The Labute approximate surface area is 252 Å². The summed E-state index contributed by atoms with van der Waals surface area (Å²) in [6.45, 7) is 4.31. The van der Waals surface area contributed by atoms with Crippen molar-refractivity contribution in [2.75, 3.05) is 0 Å². The van der Waals surface area contributed by atoms with Crippen LogP contribution in [0.3, 0.4) is 0 Å². The Morgan fingerprint density at radius 3 is 1.31 bits per heavy atom. The van der Waals surface area contributed by atoms with Gasteiger partial charge in [-0.25, -0.2) is 0 Å². The lowest BCUT2D eigenvalue weighted by molar-refractivity contribution is 1.06. The SMILES string of the molecule is Cc1ccc(C)c(P(C(c2ccccc2)c2c(Cl)cccc2Cl)C(c2ccccc2)c2c(Cl)cccc2Cl)c1. The van der Waals surface area contributed by atoms with Crippen LogP contribution in [-0.4, -0.2) is 0 Å². The highest BCUT2D eigenvalue weighted by atomic mass is 35.5. The Kier molecular flexibility index (Phi) is 9.02. The molecule has 0 amide bonds. The van der Waals surface area contributed by atoms with E-state index in [1.165, 1.54) is 16.4 Å². The van der Waals surface area contributed by atoms with Crippen LogP contribution in [0, 0.1) is 13.8 Å². The lowest BCUT2D eigenvalue weighted by Gasteiger charge is -2.38. The third-order valence-corrected chi connectivity index (χ3v) is 11.6. The molecule has 0 saturated heterocycles. The van der Waals surface area contributed by atoms with Gasteiger partial charge < -0.3 is 0 Å². The molecule has 0 aliphatic heterocycles. The predicted octanol–water partition coefficient (Wildman–Crippen LogP) is 11.6. The minimum Gasteiger partial charge on any atom is -0.0839 e. The van der Waals surface area contributed by atoms with Crippen LogP contribution in [0.25, 0.3) is 0 Å². The zero-order valence-corrected chi connectivity index (χ0v) is 25.5. The number of rotatable bonds is 7. The van der Waals surface area contributed by atoms with Gasteiger partial charge in [0.1, 0.15) is 0 Å². The van der Waals surface area contributed by atoms with E-state index in [0.29, 0.717) is 20.1 Å². The maximum atomic E-state index is 7.01. The average molecular weight is 608 g/mol. The zero-order valence-electron chi connectivity index (χ0n) is 21.6. The van der Waals surface area contributed by atoms with E-state index in [1.807, 2.05) is 48.5 Å². The summed E-state index contributed by atoms with van der Waals surface area (Å²) < 4.78 is 0. The van der Waals surface area contributed by atoms with Crippen LogP contribution in [0.2, 0.25) is 20.1 Å². The van der Waals surface area contributed by atoms with Gasteiger partial charge in [-0.15, -0.1) is 0 Å². The van der Waals surface area contributed by atoms with Crippen LogP contribution < -0.4 is 5.30 Å². The fourth-order valence-electron chi connectivity index (χ4n) is 5.17. The van der Waals surface area contributed by atoms with Gasteiger partial charge in [0.15, 0.2) is 0 Å². The van der Waals surface area contributed by atoms with Gasteiger partial charge in [0.2, 0.25) is 0 Å². The number of hydrogen-bond acceptors (Lipinski definition) is 0. The molecule has 0 spiro atoms. The van der Waals surface area contributed by atoms with Gasteiger partial charge in [0.05, 0.1) is 0 Å². The average Bonchev–Trinajstić information content (AvgIpc) is 2.93. The van der Waals surface area contributed by atoms with E-state index in [4.69, 9.17) is 46.4 Å². The molecular formula is C34H27Cl4P. The van der Waals surface area contributed by atoms with E-state index in [0.717, 1.165) is 22.3 Å². The molecule has 0 bridgehead atoms. The van der Waals surface area contributed by atoms with Crippen molar-refractivity contribution in [3.63, 3.8) is 0 Å². The quantitative estimate of drug-likeness (QED) is 0.161. The monoisotopic (exact) mass is 606 g/mol. The maximum absolute atomic E-state index is 7.01. The van der Waals surface area contributed by atoms with Gasteiger partial charge in [-0.1, -0.05) is 151 Å². The molecule has 0 radical (unpaired) electrons. The van der Waals surface area contributed by atoms with Crippen molar-refractivity contribution in [3.05, 3.63) is 169 Å². The highest BCUT2D eigenvalue weighted by Gasteiger charge is 2.39. The Morgan fingerprint density at radius 2 is 0.897 bits per heavy atom. The van der Waals surface area contributed by atoms with Gasteiger partial charge in [-0.05, 0) is 60.1 Å². The van der Waals surface area contributed by atoms with Crippen LogP contribution in [0.15, 0.2) is 115 Å². The zero-order chi connectivity index (χ0) is 27.5. The van der Waals surface area contributed by atoms with Crippen molar-refractivity contribution in [1.29, 1.82) is 0 Å². The summed E-state index contributed by atoms with van der Waals surface area (Å²) in [5.41, 5.74) is 6.25. The van der Waals surface area contributed by atoms with Crippen LogP contribution in [0.4, 0.5) is 0 Å². The fraction of sp³-hybridized carbons (Fsp3) is 0.118. The van der Waals surface area contributed by atoms with E-state index in [1.54, 1.807) is 0 Å². The van der Waals surface area contributed by atoms with E-state index < -0.39 is 7.92 Å². The molecule has 0 heterocycles. The normalized spacial score (nSPS) is 13.6. The third kappa shape index (κ3) is 5.92. The third-order valence-electron chi connectivity index (χ3n) is 6.98. The van der Waals surface area contributed by atoms with Crippen LogP contribution >= 0.6 is 54.3 Å². The van der Waals surface area contributed by atoms with Crippen molar-refractivity contribution < 1.29 is 0 Å². The molecular weight excluding hydrogens is 581 g/mol. The smallest absolute Gasteiger partial charge is 0.0462 e. The van der Waals surface area contributed by atoms with Gasteiger partial charge in [-0.2, -0.15) is 0 Å². The Balaban J connectivity index is 1.94. The molecule has 5 rings (SSSR count). The maximum Gasteiger partial charge on any atom is 0.0462 e. The molecule has 0 saturated carbocycles. The molecule has 0 nitrogen and oxygen atoms in total. The molecule has 0 aliphatic rings. The molecule has 5 aromatic rings.